The third-order valence-corrected chi connectivity index (χ3v) is 3.42. The zero-order chi connectivity index (χ0) is 16.2. The summed E-state index contributed by atoms with van der Waals surface area (Å²) in [6.07, 6.45) is 4.73. The van der Waals surface area contributed by atoms with E-state index in [1.807, 2.05) is 31.2 Å². The molecule has 2 heterocycles. The summed E-state index contributed by atoms with van der Waals surface area (Å²) in [7, 11) is 0. The number of hydrogen-bond acceptors (Lipinski definition) is 5. The number of H-pyrrole nitrogens is 1. The van der Waals surface area contributed by atoms with Crippen molar-refractivity contribution in [2.24, 2.45) is 0 Å². The highest BCUT2D eigenvalue weighted by Gasteiger charge is 2.29. The Morgan fingerprint density at radius 1 is 1.39 bits per heavy atom. The van der Waals surface area contributed by atoms with Crippen molar-refractivity contribution >= 4 is 12.0 Å². The Bertz CT molecular complexity index is 702. The fourth-order valence-corrected chi connectivity index (χ4v) is 2.24. The molecule has 7 nitrogen and oxygen atoms in total. The molecule has 1 aromatic carbocycles. The van der Waals surface area contributed by atoms with Gasteiger partial charge in [-0.15, -0.1) is 0 Å². The molecule has 3 rings (SSSR count). The molecule has 3 N–H and O–H groups in total. The minimum absolute atomic E-state index is 0.166. The molecule has 0 saturated carbocycles. The topological polar surface area (TPSA) is 96.5 Å². The molecule has 1 saturated heterocycles. The molecule has 0 aliphatic carbocycles. The zero-order valence-corrected chi connectivity index (χ0v) is 12.5. The summed E-state index contributed by atoms with van der Waals surface area (Å²) in [5, 5.41) is 8.42. The quantitative estimate of drug-likeness (QED) is 0.445. The molecule has 1 amide bonds. The van der Waals surface area contributed by atoms with Crippen LogP contribution in [0.4, 0.5) is 0 Å². The number of hydroxylamine groups is 1. The number of benzene rings is 1. The third-order valence-electron chi connectivity index (χ3n) is 3.42. The molecule has 0 bridgehead atoms. The van der Waals surface area contributed by atoms with Crippen LogP contribution < -0.4 is 5.48 Å². The zero-order valence-electron chi connectivity index (χ0n) is 12.5. The van der Waals surface area contributed by atoms with Gasteiger partial charge in [-0.2, -0.15) is 0 Å². The highest BCUT2D eigenvalue weighted by Crippen LogP contribution is 2.30. The van der Waals surface area contributed by atoms with E-state index in [4.69, 9.17) is 14.7 Å². The van der Waals surface area contributed by atoms with E-state index in [0.29, 0.717) is 6.42 Å². The van der Waals surface area contributed by atoms with Crippen LogP contribution in [0.3, 0.4) is 0 Å². The maximum Gasteiger partial charge on any atom is 0.267 e. The molecule has 0 radical (unpaired) electrons. The van der Waals surface area contributed by atoms with Gasteiger partial charge in [-0.05, 0) is 24.1 Å². The Morgan fingerprint density at radius 2 is 2.13 bits per heavy atom. The predicted molar refractivity (Wildman–Crippen MR) is 81.2 cm³/mol. The first-order valence-electron chi connectivity index (χ1n) is 7.20. The van der Waals surface area contributed by atoms with Crippen LogP contribution in [-0.4, -0.2) is 27.4 Å². The molecule has 23 heavy (non-hydrogen) atoms. The lowest BCUT2D eigenvalue weighted by Gasteiger charge is -2.32. The molecular weight excluding hydrogens is 298 g/mol. The van der Waals surface area contributed by atoms with Crippen molar-refractivity contribution in [3.8, 4) is 0 Å². The summed E-state index contributed by atoms with van der Waals surface area (Å²) in [6, 6.07) is 7.69. The normalized spacial score (nSPS) is 20.4. The number of carbonyl (C=O) groups excluding carboxylic acids is 1. The van der Waals surface area contributed by atoms with Crippen molar-refractivity contribution in [2.75, 3.05) is 0 Å². The first kappa shape index (κ1) is 15.4. The summed E-state index contributed by atoms with van der Waals surface area (Å²) < 4.78 is 10.8. The lowest BCUT2D eigenvalue weighted by Crippen LogP contribution is -2.31. The van der Waals surface area contributed by atoms with Gasteiger partial charge >= 0.3 is 0 Å². The van der Waals surface area contributed by atoms with E-state index in [2.05, 4.69) is 9.97 Å². The number of aromatic nitrogens is 2. The van der Waals surface area contributed by atoms with Gasteiger partial charge in [-0.25, -0.2) is 10.5 Å². The van der Waals surface area contributed by atoms with Gasteiger partial charge in [0.15, 0.2) is 6.29 Å². The van der Waals surface area contributed by atoms with Crippen LogP contribution in [0.1, 0.15) is 35.9 Å². The number of imidazole rings is 1. The largest absolute Gasteiger partial charge is 0.341 e. The lowest BCUT2D eigenvalue weighted by molar-refractivity contribution is -0.383. The van der Waals surface area contributed by atoms with E-state index in [9.17, 15) is 4.79 Å². The monoisotopic (exact) mass is 315 g/mol. The first-order valence-corrected chi connectivity index (χ1v) is 7.20. The smallest absolute Gasteiger partial charge is 0.267 e. The lowest BCUT2D eigenvalue weighted by atomic mass is 10.1. The number of hydrogen-bond donors (Lipinski definition) is 3. The molecule has 1 aliphatic rings. The van der Waals surface area contributed by atoms with Crippen molar-refractivity contribution in [1.82, 2.24) is 15.4 Å². The Morgan fingerprint density at radius 3 is 2.78 bits per heavy atom. The molecule has 1 aliphatic heterocycles. The van der Waals surface area contributed by atoms with E-state index in [1.54, 1.807) is 17.8 Å². The van der Waals surface area contributed by atoms with Gasteiger partial charge in [-0.3, -0.25) is 10.0 Å². The van der Waals surface area contributed by atoms with Crippen molar-refractivity contribution in [2.45, 2.75) is 25.9 Å². The molecule has 1 aromatic heterocycles. The van der Waals surface area contributed by atoms with E-state index >= 15 is 0 Å². The molecule has 2 aromatic rings. The highest BCUT2D eigenvalue weighted by molar-refractivity contribution is 5.90. The minimum atomic E-state index is -0.563. The third kappa shape index (κ3) is 3.84. The van der Waals surface area contributed by atoms with Crippen LogP contribution in [0, 0.1) is 0 Å². The van der Waals surface area contributed by atoms with E-state index < -0.39 is 5.91 Å². The molecule has 0 unspecified atom stereocenters. The average Bonchev–Trinajstić information content (AvgIpc) is 2.99. The Kier molecular flexibility index (Phi) is 4.52. The first-order chi connectivity index (χ1) is 11.1. The Balaban J connectivity index is 1.60. The maximum atomic E-state index is 10.9. The Labute approximate surface area is 132 Å². The van der Waals surface area contributed by atoms with Gasteiger partial charge in [0.05, 0.1) is 11.9 Å². The molecular formula is C16H17N3O4. The van der Waals surface area contributed by atoms with Gasteiger partial charge in [0.1, 0.15) is 5.82 Å². The number of nitrogens with zero attached hydrogens (tertiary/aromatic N) is 1. The summed E-state index contributed by atoms with van der Waals surface area (Å²) in [5.41, 5.74) is 4.30. The SMILES string of the molecule is CC1OC(c2cnc(Cc3ccc(/C=C/C(=O)NO)cc3)[nH]2)O1. The second-order valence-corrected chi connectivity index (χ2v) is 5.18. The molecule has 0 spiro atoms. The van der Waals surface area contributed by atoms with Crippen LogP contribution >= 0.6 is 0 Å². The van der Waals surface area contributed by atoms with Crippen molar-refractivity contribution < 1.29 is 19.5 Å². The number of rotatable bonds is 5. The average molecular weight is 315 g/mol. The van der Waals surface area contributed by atoms with Crippen LogP contribution in [0.5, 0.6) is 0 Å². The minimum Gasteiger partial charge on any atom is -0.341 e. The van der Waals surface area contributed by atoms with Gasteiger partial charge in [0.2, 0.25) is 6.29 Å². The van der Waals surface area contributed by atoms with Crippen molar-refractivity contribution in [3.05, 3.63) is 59.2 Å². The fraction of sp³-hybridized carbons (Fsp3) is 0.250. The second kappa shape index (κ2) is 6.74. The van der Waals surface area contributed by atoms with Crippen LogP contribution in [-0.2, 0) is 20.7 Å². The van der Waals surface area contributed by atoms with Gasteiger partial charge in [0, 0.05) is 12.5 Å². The maximum absolute atomic E-state index is 10.9. The summed E-state index contributed by atoms with van der Waals surface area (Å²) in [4.78, 5) is 18.4. The van der Waals surface area contributed by atoms with Crippen molar-refractivity contribution in [1.29, 1.82) is 0 Å². The second-order valence-electron chi connectivity index (χ2n) is 5.18. The van der Waals surface area contributed by atoms with E-state index in [1.165, 1.54) is 6.08 Å². The van der Waals surface area contributed by atoms with Crippen LogP contribution in [0.25, 0.3) is 6.08 Å². The molecule has 7 heteroatoms. The summed E-state index contributed by atoms with van der Waals surface area (Å²) >= 11 is 0. The molecule has 120 valence electrons. The predicted octanol–water partition coefficient (Wildman–Crippen LogP) is 1.91. The van der Waals surface area contributed by atoms with E-state index in [0.717, 1.165) is 22.6 Å². The standard InChI is InChI=1S/C16H17N3O4/c1-10-22-16(23-10)13-9-17-14(18-13)8-12-4-2-11(3-5-12)6-7-15(20)19-21/h2-7,9-10,16,21H,8H2,1H3,(H,17,18)(H,19,20)/b7-6+. The summed E-state index contributed by atoms with van der Waals surface area (Å²) in [6.45, 7) is 1.84. The highest BCUT2D eigenvalue weighted by atomic mass is 16.9. The number of nitrogens with one attached hydrogen (secondary N) is 2. The van der Waals surface area contributed by atoms with Gasteiger partial charge in [0.25, 0.3) is 5.91 Å². The van der Waals surface area contributed by atoms with Crippen molar-refractivity contribution in [3.63, 3.8) is 0 Å². The summed E-state index contributed by atoms with van der Waals surface area (Å²) in [5.74, 6) is 0.265. The van der Waals surface area contributed by atoms with Gasteiger partial charge in [-0.1, -0.05) is 24.3 Å². The molecule has 1 fully saturated rings. The number of aromatic amines is 1. The fourth-order valence-electron chi connectivity index (χ4n) is 2.24. The van der Waals surface area contributed by atoms with Crippen LogP contribution in [0.15, 0.2) is 36.5 Å². The number of amides is 1. The Hall–Kier alpha value is -2.48. The van der Waals surface area contributed by atoms with Gasteiger partial charge < -0.3 is 14.5 Å². The number of ether oxygens (including phenoxy) is 2. The molecule has 0 atom stereocenters. The van der Waals surface area contributed by atoms with Crippen LogP contribution in [0.2, 0.25) is 0 Å². The number of carbonyl (C=O) groups is 1. The van der Waals surface area contributed by atoms with E-state index in [-0.39, 0.29) is 12.6 Å².